The van der Waals surface area contributed by atoms with Gasteiger partial charge in [0.05, 0.1) is 16.8 Å². The Bertz CT molecular complexity index is 1070. The number of hydrogen-bond acceptors (Lipinski definition) is 6. The smallest absolute Gasteiger partial charge is 0.416 e. The van der Waals surface area contributed by atoms with Crippen LogP contribution in [-0.4, -0.2) is 22.1 Å². The summed E-state index contributed by atoms with van der Waals surface area (Å²) >= 11 is 0. The highest BCUT2D eigenvalue weighted by Gasteiger charge is 2.53. The lowest BCUT2D eigenvalue weighted by Gasteiger charge is -2.17. The van der Waals surface area contributed by atoms with E-state index < -0.39 is 17.3 Å². The molecule has 162 valence electrons. The van der Waals surface area contributed by atoms with Crippen molar-refractivity contribution in [1.82, 2.24) is 15.1 Å². The van der Waals surface area contributed by atoms with Gasteiger partial charge in [-0.25, -0.2) is 0 Å². The average molecular weight is 429 g/mol. The first-order chi connectivity index (χ1) is 14.8. The monoisotopic (exact) mass is 429 g/mol. The summed E-state index contributed by atoms with van der Waals surface area (Å²) in [5.74, 6) is 0.647. The minimum Gasteiger partial charge on any atom is -0.418 e. The van der Waals surface area contributed by atoms with Crippen LogP contribution in [0.3, 0.4) is 0 Å². The maximum atomic E-state index is 12.7. The van der Waals surface area contributed by atoms with Crippen molar-refractivity contribution in [1.29, 1.82) is 5.26 Å². The van der Waals surface area contributed by atoms with Crippen LogP contribution in [0, 0.1) is 11.5 Å². The van der Waals surface area contributed by atoms with Crippen LogP contribution in [0.4, 0.5) is 24.5 Å². The molecular weight excluding hydrogens is 407 g/mol. The molecule has 3 aromatic rings. The predicted molar refractivity (Wildman–Crippen MR) is 110 cm³/mol. The highest BCUT2D eigenvalue weighted by molar-refractivity contribution is 5.76. The standard InChI is InChI=1S/C20H16F3N5O.C2H6/c1-28(12-24)19(10-11-19)18-27-26-17(29-18)15-4-2-3-5-16(15)25-14-8-6-13(7-9-14)20(21,22)23;1-2/h2-9,25H,10-11H2,1H3;1-2H3. The van der Waals surface area contributed by atoms with Crippen LogP contribution in [0.15, 0.2) is 52.9 Å². The van der Waals surface area contributed by atoms with Gasteiger partial charge in [-0.3, -0.25) is 4.90 Å². The summed E-state index contributed by atoms with van der Waals surface area (Å²) in [6, 6.07) is 11.9. The van der Waals surface area contributed by atoms with Gasteiger partial charge >= 0.3 is 6.18 Å². The molecule has 0 spiro atoms. The molecule has 1 aliphatic rings. The van der Waals surface area contributed by atoms with E-state index in [4.69, 9.17) is 4.42 Å². The summed E-state index contributed by atoms with van der Waals surface area (Å²) in [4.78, 5) is 1.51. The number of aromatic nitrogens is 2. The number of nitrogens with one attached hydrogen (secondary N) is 1. The van der Waals surface area contributed by atoms with Gasteiger partial charge < -0.3 is 9.73 Å². The second-order valence-electron chi connectivity index (χ2n) is 6.85. The van der Waals surface area contributed by atoms with E-state index in [9.17, 15) is 18.4 Å². The molecule has 0 unspecified atom stereocenters. The number of nitrogens with zero attached hydrogens (tertiary/aromatic N) is 4. The van der Waals surface area contributed by atoms with E-state index in [0.717, 1.165) is 25.0 Å². The molecule has 1 aliphatic carbocycles. The number of para-hydroxylation sites is 1. The molecule has 4 rings (SSSR count). The lowest BCUT2D eigenvalue weighted by Crippen LogP contribution is -2.27. The minimum absolute atomic E-state index is 0.271. The Morgan fingerprint density at radius 2 is 1.71 bits per heavy atom. The van der Waals surface area contributed by atoms with Crippen molar-refractivity contribution >= 4 is 11.4 Å². The van der Waals surface area contributed by atoms with Gasteiger partial charge in [0.15, 0.2) is 6.19 Å². The van der Waals surface area contributed by atoms with E-state index in [0.29, 0.717) is 22.8 Å². The van der Waals surface area contributed by atoms with E-state index in [1.165, 1.54) is 17.0 Å². The summed E-state index contributed by atoms with van der Waals surface area (Å²) in [6.07, 6.45) is -0.787. The van der Waals surface area contributed by atoms with Crippen LogP contribution in [0.25, 0.3) is 11.5 Å². The normalized spacial score (nSPS) is 14.1. The number of anilines is 2. The third kappa shape index (κ3) is 4.48. The summed E-state index contributed by atoms with van der Waals surface area (Å²) in [6.45, 7) is 4.00. The topological polar surface area (TPSA) is 78.0 Å². The molecule has 0 amide bonds. The molecule has 1 heterocycles. The van der Waals surface area contributed by atoms with E-state index in [-0.39, 0.29) is 5.89 Å². The number of rotatable bonds is 5. The van der Waals surface area contributed by atoms with Crippen LogP contribution in [-0.2, 0) is 11.7 Å². The summed E-state index contributed by atoms with van der Waals surface area (Å²) in [7, 11) is 1.68. The van der Waals surface area contributed by atoms with E-state index in [1.54, 1.807) is 31.3 Å². The van der Waals surface area contributed by atoms with E-state index >= 15 is 0 Å². The maximum absolute atomic E-state index is 12.7. The van der Waals surface area contributed by atoms with Crippen molar-refractivity contribution in [2.75, 3.05) is 12.4 Å². The largest absolute Gasteiger partial charge is 0.418 e. The fraction of sp³-hybridized carbons (Fsp3) is 0.318. The highest BCUT2D eigenvalue weighted by Crippen LogP contribution is 2.50. The second-order valence-corrected chi connectivity index (χ2v) is 6.85. The van der Waals surface area contributed by atoms with Gasteiger partial charge in [0.1, 0.15) is 5.54 Å². The molecule has 31 heavy (non-hydrogen) atoms. The lowest BCUT2D eigenvalue weighted by molar-refractivity contribution is -0.137. The molecule has 2 aromatic carbocycles. The van der Waals surface area contributed by atoms with E-state index in [1.807, 2.05) is 13.8 Å². The Hall–Kier alpha value is -3.54. The molecular formula is C22H22F3N5O. The lowest BCUT2D eigenvalue weighted by atomic mass is 10.1. The van der Waals surface area contributed by atoms with Crippen molar-refractivity contribution in [2.24, 2.45) is 0 Å². The summed E-state index contributed by atoms with van der Waals surface area (Å²) in [5.41, 5.74) is 0.459. The molecule has 0 radical (unpaired) electrons. The van der Waals surface area contributed by atoms with Gasteiger partial charge in [-0.1, -0.05) is 26.0 Å². The number of nitriles is 1. The van der Waals surface area contributed by atoms with E-state index in [2.05, 4.69) is 21.7 Å². The highest BCUT2D eigenvalue weighted by atomic mass is 19.4. The molecule has 0 saturated heterocycles. The van der Waals surface area contributed by atoms with Crippen LogP contribution in [0.2, 0.25) is 0 Å². The van der Waals surface area contributed by atoms with Gasteiger partial charge in [-0.2, -0.15) is 18.4 Å². The Morgan fingerprint density at radius 1 is 1.06 bits per heavy atom. The first-order valence-corrected chi connectivity index (χ1v) is 9.85. The molecule has 1 saturated carbocycles. The first-order valence-electron chi connectivity index (χ1n) is 9.85. The zero-order valence-corrected chi connectivity index (χ0v) is 17.4. The quantitative estimate of drug-likeness (QED) is 0.400. The number of hydrogen-bond donors (Lipinski definition) is 1. The third-order valence-corrected chi connectivity index (χ3v) is 4.99. The minimum atomic E-state index is -4.38. The Kier molecular flexibility index (Phi) is 6.20. The molecule has 1 aromatic heterocycles. The fourth-order valence-corrected chi connectivity index (χ4v) is 3.10. The number of benzene rings is 2. The first kappa shape index (κ1) is 22.2. The molecule has 0 aliphatic heterocycles. The van der Waals surface area contributed by atoms with Crippen molar-refractivity contribution in [3.8, 4) is 17.6 Å². The Labute approximate surface area is 178 Å². The molecule has 1 fully saturated rings. The summed E-state index contributed by atoms with van der Waals surface area (Å²) < 4.78 is 44.1. The molecule has 0 atom stereocenters. The van der Waals surface area contributed by atoms with Crippen molar-refractivity contribution < 1.29 is 17.6 Å². The van der Waals surface area contributed by atoms with Gasteiger partial charge in [0.25, 0.3) is 0 Å². The SMILES string of the molecule is CC.CN(C#N)C1(c2nnc(-c3ccccc3Nc3ccc(C(F)(F)F)cc3)o2)CC1. The van der Waals surface area contributed by atoms with Crippen LogP contribution in [0.1, 0.15) is 38.1 Å². The molecule has 9 heteroatoms. The molecule has 1 N–H and O–H groups in total. The molecule has 0 bridgehead atoms. The van der Waals surface area contributed by atoms with Crippen LogP contribution < -0.4 is 5.32 Å². The predicted octanol–water partition coefficient (Wildman–Crippen LogP) is 5.93. The fourth-order valence-electron chi connectivity index (χ4n) is 3.10. The van der Waals surface area contributed by atoms with Gasteiger partial charge in [-0.05, 0) is 49.2 Å². The maximum Gasteiger partial charge on any atom is 0.416 e. The van der Waals surface area contributed by atoms with Crippen molar-refractivity contribution in [3.05, 3.63) is 60.0 Å². The van der Waals surface area contributed by atoms with Crippen LogP contribution >= 0.6 is 0 Å². The number of halogens is 3. The third-order valence-electron chi connectivity index (χ3n) is 4.99. The zero-order chi connectivity index (χ0) is 22.6. The molecule has 6 nitrogen and oxygen atoms in total. The van der Waals surface area contributed by atoms with Crippen molar-refractivity contribution in [3.63, 3.8) is 0 Å². The Morgan fingerprint density at radius 3 is 2.29 bits per heavy atom. The van der Waals surface area contributed by atoms with Crippen molar-refractivity contribution in [2.45, 2.75) is 38.4 Å². The average Bonchev–Trinajstić information content (AvgIpc) is 3.44. The number of alkyl halides is 3. The van der Waals surface area contributed by atoms with Gasteiger partial charge in [0, 0.05) is 12.7 Å². The van der Waals surface area contributed by atoms with Gasteiger partial charge in [-0.15, -0.1) is 10.2 Å². The van der Waals surface area contributed by atoms with Crippen LogP contribution in [0.5, 0.6) is 0 Å². The summed E-state index contributed by atoms with van der Waals surface area (Å²) in [5, 5.41) is 20.5. The van der Waals surface area contributed by atoms with Gasteiger partial charge in [0.2, 0.25) is 11.8 Å². The zero-order valence-electron chi connectivity index (χ0n) is 17.4. The second kappa shape index (κ2) is 8.68. The Balaban J connectivity index is 0.00000132.